The van der Waals surface area contributed by atoms with Crippen LogP contribution < -0.4 is 15.6 Å². The lowest BCUT2D eigenvalue weighted by molar-refractivity contribution is -0.117. The Bertz CT molecular complexity index is 1550. The van der Waals surface area contributed by atoms with Crippen LogP contribution >= 0.6 is 0 Å². The summed E-state index contributed by atoms with van der Waals surface area (Å²) in [5, 5.41) is 12.5. The molecule has 1 amide bonds. The molecule has 0 saturated carbocycles. The van der Waals surface area contributed by atoms with Gasteiger partial charge in [-0.05, 0) is 53.8 Å². The molecule has 1 N–H and O–H groups in total. The first-order chi connectivity index (χ1) is 17.4. The van der Waals surface area contributed by atoms with Crippen molar-refractivity contribution >= 4 is 17.6 Å². The molecule has 0 bridgehead atoms. The summed E-state index contributed by atoms with van der Waals surface area (Å²) in [7, 11) is 0. The maximum atomic E-state index is 13.4. The molecule has 36 heavy (non-hydrogen) atoms. The van der Waals surface area contributed by atoms with Gasteiger partial charge < -0.3 is 10.1 Å². The van der Waals surface area contributed by atoms with E-state index in [2.05, 4.69) is 10.3 Å². The van der Waals surface area contributed by atoms with E-state index in [4.69, 9.17) is 4.74 Å². The summed E-state index contributed by atoms with van der Waals surface area (Å²) in [6, 6.07) is 22.3. The molecule has 0 unspecified atom stereocenters. The van der Waals surface area contributed by atoms with Gasteiger partial charge in [-0.3, -0.25) is 14.0 Å². The fourth-order valence-electron chi connectivity index (χ4n) is 3.76. The van der Waals surface area contributed by atoms with Gasteiger partial charge in [0, 0.05) is 12.7 Å². The molecule has 0 radical (unpaired) electrons. The van der Waals surface area contributed by atoms with E-state index in [0.717, 1.165) is 16.7 Å². The summed E-state index contributed by atoms with van der Waals surface area (Å²) in [4.78, 5) is 30.8. The largest absolute Gasteiger partial charge is 0.438 e. The van der Waals surface area contributed by atoms with E-state index in [-0.39, 0.29) is 29.5 Å². The van der Waals surface area contributed by atoms with Gasteiger partial charge in [0.15, 0.2) is 0 Å². The Morgan fingerprint density at radius 1 is 1.14 bits per heavy atom. The van der Waals surface area contributed by atoms with Gasteiger partial charge in [0.25, 0.3) is 11.5 Å². The number of fused-ring (bicyclic) bond motifs is 1. The fraction of sp³-hybridized carbons (Fsp3) is 0.172. The normalized spacial score (nSPS) is 11.4. The second-order valence-corrected chi connectivity index (χ2v) is 8.70. The number of carbonyl (C=O) groups excluding carboxylic acids is 1. The summed E-state index contributed by atoms with van der Waals surface area (Å²) in [6.07, 6.45) is 2.83. The highest BCUT2D eigenvalue weighted by atomic mass is 16.5. The van der Waals surface area contributed by atoms with Gasteiger partial charge in [-0.2, -0.15) is 10.2 Å². The highest BCUT2D eigenvalue weighted by Crippen LogP contribution is 2.32. The third-order valence-electron chi connectivity index (χ3n) is 5.68. The minimum atomic E-state index is -0.594. The topological polar surface area (TPSA) is 96.5 Å². The number of nitrogens with zero attached hydrogens (tertiary/aromatic N) is 3. The summed E-state index contributed by atoms with van der Waals surface area (Å²) in [6.45, 7) is 6.29. The third-order valence-corrected chi connectivity index (χ3v) is 5.68. The van der Waals surface area contributed by atoms with Crippen molar-refractivity contribution < 1.29 is 9.53 Å². The Balaban J connectivity index is 1.79. The molecule has 0 atom stereocenters. The van der Waals surface area contributed by atoms with Crippen molar-refractivity contribution in [3.63, 3.8) is 0 Å². The van der Waals surface area contributed by atoms with Gasteiger partial charge in [0.1, 0.15) is 28.6 Å². The van der Waals surface area contributed by atoms with E-state index in [1.807, 2.05) is 75.4 Å². The number of rotatable bonds is 7. The van der Waals surface area contributed by atoms with Gasteiger partial charge in [-0.25, -0.2) is 0 Å². The Hall–Kier alpha value is -4.70. The highest BCUT2D eigenvalue weighted by Gasteiger charge is 2.19. The standard InChI is InChI=1S/C29H26N4O3/c1-19(2)23-13-12-20(3)15-25(23)36-28-24(29(35)33-14-8-7-11-26(33)32-28)16-22(17-30)27(34)31-18-21-9-5-4-6-10-21/h4-16,19H,18H2,1-3H3,(H,31,34)/b22-16+. The van der Waals surface area contributed by atoms with E-state index in [9.17, 15) is 14.9 Å². The van der Waals surface area contributed by atoms with Gasteiger partial charge in [0.2, 0.25) is 5.88 Å². The van der Waals surface area contributed by atoms with E-state index in [1.165, 1.54) is 10.5 Å². The number of carbonyl (C=O) groups is 1. The molecule has 0 aliphatic heterocycles. The van der Waals surface area contributed by atoms with Gasteiger partial charge in [0.05, 0.1) is 0 Å². The number of nitriles is 1. The zero-order valence-corrected chi connectivity index (χ0v) is 20.4. The van der Waals surface area contributed by atoms with E-state index in [0.29, 0.717) is 11.4 Å². The van der Waals surface area contributed by atoms with Crippen LogP contribution in [0.25, 0.3) is 11.7 Å². The number of benzene rings is 2. The van der Waals surface area contributed by atoms with Crippen LogP contribution in [0.5, 0.6) is 11.6 Å². The predicted molar refractivity (Wildman–Crippen MR) is 139 cm³/mol. The highest BCUT2D eigenvalue weighted by molar-refractivity contribution is 6.01. The zero-order chi connectivity index (χ0) is 25.7. The van der Waals surface area contributed by atoms with Crippen LogP contribution in [0.4, 0.5) is 0 Å². The number of nitrogens with one attached hydrogen (secondary N) is 1. The SMILES string of the molecule is Cc1ccc(C(C)C)c(Oc2nc3ccccn3c(=O)c2/C=C(\C#N)C(=O)NCc2ccccc2)c1. The Labute approximate surface area is 209 Å². The van der Waals surface area contributed by atoms with E-state index < -0.39 is 11.5 Å². The number of hydrogen-bond acceptors (Lipinski definition) is 5. The van der Waals surface area contributed by atoms with Crippen LogP contribution in [0, 0.1) is 18.3 Å². The van der Waals surface area contributed by atoms with Crippen molar-refractivity contribution in [3.8, 4) is 17.7 Å². The monoisotopic (exact) mass is 478 g/mol. The fourth-order valence-corrected chi connectivity index (χ4v) is 3.76. The van der Waals surface area contributed by atoms with Crippen LogP contribution in [-0.2, 0) is 11.3 Å². The second-order valence-electron chi connectivity index (χ2n) is 8.70. The average molecular weight is 479 g/mol. The predicted octanol–water partition coefficient (Wildman–Crippen LogP) is 5.14. The lowest BCUT2D eigenvalue weighted by Crippen LogP contribution is -2.25. The van der Waals surface area contributed by atoms with Crippen LogP contribution in [0.1, 0.15) is 42.0 Å². The number of pyridine rings is 1. The molecule has 0 saturated heterocycles. The van der Waals surface area contributed by atoms with Crippen molar-refractivity contribution in [2.24, 2.45) is 0 Å². The minimum Gasteiger partial charge on any atom is -0.438 e. The molecular weight excluding hydrogens is 452 g/mol. The van der Waals surface area contributed by atoms with E-state index in [1.54, 1.807) is 24.4 Å². The van der Waals surface area contributed by atoms with Crippen LogP contribution in [0.3, 0.4) is 0 Å². The molecule has 180 valence electrons. The molecule has 2 heterocycles. The first-order valence-corrected chi connectivity index (χ1v) is 11.6. The minimum absolute atomic E-state index is 0.0151. The van der Waals surface area contributed by atoms with Crippen molar-refractivity contribution in [2.45, 2.75) is 33.2 Å². The summed E-state index contributed by atoms with van der Waals surface area (Å²) in [5.41, 5.74) is 2.56. The molecular formula is C29H26N4O3. The summed E-state index contributed by atoms with van der Waals surface area (Å²) >= 11 is 0. The lowest BCUT2D eigenvalue weighted by Gasteiger charge is -2.16. The van der Waals surface area contributed by atoms with Crippen molar-refractivity contribution in [2.75, 3.05) is 0 Å². The summed E-state index contributed by atoms with van der Waals surface area (Å²) < 4.78 is 7.57. The smallest absolute Gasteiger partial charge is 0.269 e. The van der Waals surface area contributed by atoms with E-state index >= 15 is 0 Å². The molecule has 0 aliphatic rings. The summed E-state index contributed by atoms with van der Waals surface area (Å²) in [5.74, 6) is 0.170. The maximum absolute atomic E-state index is 13.4. The van der Waals surface area contributed by atoms with Crippen molar-refractivity contribution in [1.82, 2.24) is 14.7 Å². The quantitative estimate of drug-likeness (QED) is 0.293. The van der Waals surface area contributed by atoms with Crippen molar-refractivity contribution in [3.05, 3.63) is 111 Å². The molecule has 0 aliphatic carbocycles. The van der Waals surface area contributed by atoms with Crippen LogP contribution in [0.2, 0.25) is 0 Å². The van der Waals surface area contributed by atoms with Crippen LogP contribution in [-0.4, -0.2) is 15.3 Å². The Morgan fingerprint density at radius 3 is 2.61 bits per heavy atom. The molecule has 7 nitrogen and oxygen atoms in total. The molecule has 0 fully saturated rings. The lowest BCUT2D eigenvalue weighted by atomic mass is 10.0. The average Bonchev–Trinajstić information content (AvgIpc) is 2.88. The molecule has 2 aromatic carbocycles. The second kappa shape index (κ2) is 10.7. The van der Waals surface area contributed by atoms with Crippen molar-refractivity contribution in [1.29, 1.82) is 5.26 Å². The Morgan fingerprint density at radius 2 is 1.89 bits per heavy atom. The molecule has 7 heteroatoms. The van der Waals surface area contributed by atoms with Gasteiger partial charge in [-0.15, -0.1) is 0 Å². The number of aryl methyl sites for hydroxylation is 1. The molecule has 4 rings (SSSR count). The molecule has 2 aromatic heterocycles. The van der Waals surface area contributed by atoms with Gasteiger partial charge in [-0.1, -0.05) is 62.4 Å². The maximum Gasteiger partial charge on any atom is 0.269 e. The molecule has 4 aromatic rings. The number of hydrogen-bond donors (Lipinski definition) is 1. The number of amides is 1. The molecule has 0 spiro atoms. The Kier molecular flexibility index (Phi) is 7.26. The number of aromatic nitrogens is 2. The zero-order valence-electron chi connectivity index (χ0n) is 20.4. The van der Waals surface area contributed by atoms with Crippen LogP contribution in [0.15, 0.2) is 83.3 Å². The number of ether oxygens (including phenoxy) is 1. The first-order valence-electron chi connectivity index (χ1n) is 11.6. The first kappa shape index (κ1) is 24.4. The van der Waals surface area contributed by atoms with Gasteiger partial charge >= 0.3 is 0 Å². The third kappa shape index (κ3) is 5.34.